The van der Waals surface area contributed by atoms with Crippen LogP contribution in [0.4, 0.5) is 0 Å². The molecule has 0 saturated carbocycles. The summed E-state index contributed by atoms with van der Waals surface area (Å²) in [7, 11) is 1.59. The Balaban J connectivity index is 1.97. The van der Waals surface area contributed by atoms with Crippen LogP contribution in [-0.2, 0) is 11.3 Å². The third-order valence-corrected chi connectivity index (χ3v) is 3.76. The molecule has 0 aromatic heterocycles. The zero-order valence-electron chi connectivity index (χ0n) is 13.2. The molecule has 1 atom stereocenters. The van der Waals surface area contributed by atoms with E-state index < -0.39 is 6.10 Å². The SMILES string of the molecule is CCC(Oc1cccc(OC)c1)C(=O)NCc1ccccc1Cl. The molecule has 1 unspecified atom stereocenters. The molecular formula is C18H20ClNO3. The molecular weight excluding hydrogens is 314 g/mol. The summed E-state index contributed by atoms with van der Waals surface area (Å²) >= 11 is 6.09. The molecule has 2 aromatic carbocycles. The second kappa shape index (κ2) is 8.44. The van der Waals surface area contributed by atoms with Gasteiger partial charge in [0.1, 0.15) is 11.5 Å². The van der Waals surface area contributed by atoms with Crippen LogP contribution in [-0.4, -0.2) is 19.1 Å². The number of ether oxygens (including phenoxy) is 2. The van der Waals surface area contributed by atoms with Gasteiger partial charge in [0.15, 0.2) is 6.10 Å². The van der Waals surface area contributed by atoms with E-state index in [1.165, 1.54) is 0 Å². The van der Waals surface area contributed by atoms with E-state index in [0.717, 1.165) is 5.56 Å². The number of carbonyl (C=O) groups is 1. The lowest BCUT2D eigenvalue weighted by Crippen LogP contribution is -2.37. The maximum Gasteiger partial charge on any atom is 0.261 e. The first-order valence-electron chi connectivity index (χ1n) is 7.46. The summed E-state index contributed by atoms with van der Waals surface area (Å²) in [5.74, 6) is 1.12. The second-order valence-corrected chi connectivity index (χ2v) is 5.41. The summed E-state index contributed by atoms with van der Waals surface area (Å²) in [5.41, 5.74) is 0.874. The summed E-state index contributed by atoms with van der Waals surface area (Å²) in [6.07, 6.45) is -0.00411. The van der Waals surface area contributed by atoms with E-state index in [4.69, 9.17) is 21.1 Å². The number of rotatable bonds is 7. The van der Waals surface area contributed by atoms with Gasteiger partial charge in [-0.15, -0.1) is 0 Å². The highest BCUT2D eigenvalue weighted by atomic mass is 35.5. The summed E-state index contributed by atoms with van der Waals surface area (Å²) < 4.78 is 10.9. The number of amides is 1. The lowest BCUT2D eigenvalue weighted by atomic mass is 10.2. The molecule has 23 heavy (non-hydrogen) atoms. The minimum Gasteiger partial charge on any atom is -0.497 e. The Bertz CT molecular complexity index is 660. The van der Waals surface area contributed by atoms with E-state index >= 15 is 0 Å². The highest BCUT2D eigenvalue weighted by Crippen LogP contribution is 2.21. The number of nitrogens with one attached hydrogen (secondary N) is 1. The maximum atomic E-state index is 12.3. The van der Waals surface area contributed by atoms with Crippen molar-refractivity contribution in [2.75, 3.05) is 7.11 Å². The third-order valence-electron chi connectivity index (χ3n) is 3.39. The Morgan fingerprint density at radius 1 is 1.17 bits per heavy atom. The van der Waals surface area contributed by atoms with Gasteiger partial charge < -0.3 is 14.8 Å². The molecule has 0 bridgehead atoms. The fraction of sp³-hybridized carbons (Fsp3) is 0.278. The summed E-state index contributed by atoms with van der Waals surface area (Å²) in [6, 6.07) is 14.6. The Kier molecular flexibility index (Phi) is 6.29. The second-order valence-electron chi connectivity index (χ2n) is 5.00. The number of hydrogen-bond donors (Lipinski definition) is 1. The fourth-order valence-corrected chi connectivity index (χ4v) is 2.30. The Morgan fingerprint density at radius 2 is 1.91 bits per heavy atom. The van der Waals surface area contributed by atoms with E-state index in [9.17, 15) is 4.79 Å². The van der Waals surface area contributed by atoms with Crippen molar-refractivity contribution in [2.24, 2.45) is 0 Å². The van der Waals surface area contributed by atoms with Crippen molar-refractivity contribution in [1.82, 2.24) is 5.32 Å². The zero-order valence-corrected chi connectivity index (χ0v) is 14.0. The molecule has 0 aliphatic heterocycles. The topological polar surface area (TPSA) is 47.6 Å². The van der Waals surface area contributed by atoms with Crippen molar-refractivity contribution in [3.63, 3.8) is 0 Å². The average molecular weight is 334 g/mol. The van der Waals surface area contributed by atoms with Crippen molar-refractivity contribution in [2.45, 2.75) is 26.0 Å². The van der Waals surface area contributed by atoms with Gasteiger partial charge in [-0.3, -0.25) is 4.79 Å². The van der Waals surface area contributed by atoms with Crippen LogP contribution in [0.25, 0.3) is 0 Å². The Morgan fingerprint density at radius 3 is 2.61 bits per heavy atom. The van der Waals surface area contributed by atoms with Crippen LogP contribution in [0.1, 0.15) is 18.9 Å². The highest BCUT2D eigenvalue weighted by Gasteiger charge is 2.18. The predicted molar refractivity (Wildman–Crippen MR) is 91.0 cm³/mol. The van der Waals surface area contributed by atoms with Gasteiger partial charge in [0.2, 0.25) is 0 Å². The number of methoxy groups -OCH3 is 1. The normalized spacial score (nSPS) is 11.6. The number of carbonyl (C=O) groups excluding carboxylic acids is 1. The van der Waals surface area contributed by atoms with Crippen LogP contribution in [0.2, 0.25) is 5.02 Å². The Hall–Kier alpha value is -2.20. The van der Waals surface area contributed by atoms with E-state index in [1.807, 2.05) is 37.3 Å². The summed E-state index contributed by atoms with van der Waals surface area (Å²) in [4.78, 5) is 12.3. The minimum atomic E-state index is -0.565. The zero-order chi connectivity index (χ0) is 16.7. The van der Waals surface area contributed by atoms with E-state index in [1.54, 1.807) is 25.3 Å². The molecule has 0 radical (unpaired) electrons. The molecule has 1 N–H and O–H groups in total. The van der Waals surface area contributed by atoms with Gasteiger partial charge in [-0.1, -0.05) is 42.8 Å². The average Bonchev–Trinajstić information content (AvgIpc) is 2.59. The van der Waals surface area contributed by atoms with Gasteiger partial charge in [0.05, 0.1) is 7.11 Å². The predicted octanol–water partition coefficient (Wildman–Crippen LogP) is 3.82. The van der Waals surface area contributed by atoms with Crippen molar-refractivity contribution >= 4 is 17.5 Å². The van der Waals surface area contributed by atoms with Crippen LogP contribution in [0.15, 0.2) is 48.5 Å². The first-order chi connectivity index (χ1) is 11.1. The standard InChI is InChI=1S/C18H20ClNO3/c1-3-17(23-15-9-6-8-14(11-15)22-2)18(21)20-12-13-7-4-5-10-16(13)19/h4-11,17H,3,12H2,1-2H3,(H,20,21). The number of benzene rings is 2. The molecule has 0 aliphatic rings. The molecule has 0 aliphatic carbocycles. The van der Waals surface area contributed by atoms with Gasteiger partial charge in [0, 0.05) is 17.6 Å². The van der Waals surface area contributed by atoms with Crippen LogP contribution in [0.3, 0.4) is 0 Å². The summed E-state index contributed by atoms with van der Waals surface area (Å²) in [5, 5.41) is 3.49. The van der Waals surface area contributed by atoms with Crippen LogP contribution < -0.4 is 14.8 Å². The highest BCUT2D eigenvalue weighted by molar-refractivity contribution is 6.31. The van der Waals surface area contributed by atoms with Gasteiger partial charge in [-0.05, 0) is 30.2 Å². The van der Waals surface area contributed by atoms with Gasteiger partial charge in [0.25, 0.3) is 5.91 Å². The van der Waals surface area contributed by atoms with Gasteiger partial charge in [-0.2, -0.15) is 0 Å². The van der Waals surface area contributed by atoms with Crippen molar-refractivity contribution in [1.29, 1.82) is 0 Å². The van der Waals surface area contributed by atoms with Gasteiger partial charge >= 0.3 is 0 Å². The molecule has 122 valence electrons. The van der Waals surface area contributed by atoms with Crippen molar-refractivity contribution in [3.05, 3.63) is 59.1 Å². The number of hydrogen-bond acceptors (Lipinski definition) is 3. The van der Waals surface area contributed by atoms with Gasteiger partial charge in [-0.25, -0.2) is 0 Å². The van der Waals surface area contributed by atoms with E-state index in [-0.39, 0.29) is 5.91 Å². The van der Waals surface area contributed by atoms with E-state index in [0.29, 0.717) is 29.5 Å². The molecule has 4 nitrogen and oxygen atoms in total. The lowest BCUT2D eigenvalue weighted by Gasteiger charge is -2.18. The van der Waals surface area contributed by atoms with Crippen molar-refractivity contribution in [3.8, 4) is 11.5 Å². The summed E-state index contributed by atoms with van der Waals surface area (Å²) in [6.45, 7) is 2.27. The smallest absolute Gasteiger partial charge is 0.261 e. The first-order valence-corrected chi connectivity index (χ1v) is 7.83. The molecule has 5 heteroatoms. The van der Waals surface area contributed by atoms with Crippen LogP contribution in [0.5, 0.6) is 11.5 Å². The van der Waals surface area contributed by atoms with Crippen LogP contribution >= 0.6 is 11.6 Å². The molecule has 0 spiro atoms. The third kappa shape index (κ3) is 4.89. The van der Waals surface area contributed by atoms with Crippen molar-refractivity contribution < 1.29 is 14.3 Å². The monoisotopic (exact) mass is 333 g/mol. The quantitative estimate of drug-likeness (QED) is 0.837. The molecule has 0 fully saturated rings. The minimum absolute atomic E-state index is 0.171. The molecule has 0 heterocycles. The number of halogens is 1. The Labute approximate surface area is 141 Å². The first kappa shape index (κ1) is 17.2. The fourth-order valence-electron chi connectivity index (χ4n) is 2.10. The molecule has 2 aromatic rings. The molecule has 0 saturated heterocycles. The maximum absolute atomic E-state index is 12.3. The van der Waals surface area contributed by atoms with E-state index in [2.05, 4.69) is 5.32 Å². The molecule has 2 rings (SSSR count). The lowest BCUT2D eigenvalue weighted by molar-refractivity contribution is -0.128. The van der Waals surface area contributed by atoms with Crippen LogP contribution in [0, 0.1) is 0 Å². The largest absolute Gasteiger partial charge is 0.497 e. The molecule has 1 amide bonds.